The highest BCUT2D eigenvalue weighted by molar-refractivity contribution is 5.79. The maximum Gasteiger partial charge on any atom is 0.226 e. The Labute approximate surface area is 92.0 Å². The molecule has 2 fully saturated rings. The van der Waals surface area contributed by atoms with Crippen LogP contribution in [0.15, 0.2) is 0 Å². The molecule has 1 amide bonds. The largest absolute Gasteiger partial charge is 0.339 e. The molecule has 2 rings (SSSR count). The van der Waals surface area contributed by atoms with Crippen LogP contribution in [0.5, 0.6) is 0 Å². The van der Waals surface area contributed by atoms with Crippen molar-refractivity contribution >= 4 is 5.91 Å². The van der Waals surface area contributed by atoms with Crippen molar-refractivity contribution in [3.05, 3.63) is 0 Å². The van der Waals surface area contributed by atoms with Gasteiger partial charge in [-0.05, 0) is 31.6 Å². The van der Waals surface area contributed by atoms with Gasteiger partial charge in [0.2, 0.25) is 5.91 Å². The van der Waals surface area contributed by atoms with Crippen molar-refractivity contribution in [3.63, 3.8) is 0 Å². The quantitative estimate of drug-likeness (QED) is 0.748. The van der Waals surface area contributed by atoms with Gasteiger partial charge in [-0.3, -0.25) is 4.79 Å². The SMILES string of the molecule is CC(CN)C(=O)N1CCCC2CCCC21. The van der Waals surface area contributed by atoms with Crippen molar-refractivity contribution in [2.75, 3.05) is 13.1 Å². The highest BCUT2D eigenvalue weighted by Gasteiger charge is 2.38. The molecule has 0 aromatic carbocycles. The van der Waals surface area contributed by atoms with E-state index < -0.39 is 0 Å². The second-order valence-electron chi connectivity index (χ2n) is 5.07. The molecular weight excluding hydrogens is 188 g/mol. The van der Waals surface area contributed by atoms with E-state index >= 15 is 0 Å². The minimum absolute atomic E-state index is 0.00403. The molecule has 3 nitrogen and oxygen atoms in total. The minimum Gasteiger partial charge on any atom is -0.339 e. The molecule has 2 aliphatic rings. The summed E-state index contributed by atoms with van der Waals surface area (Å²) in [6.07, 6.45) is 6.35. The number of likely N-dealkylation sites (tertiary alicyclic amines) is 1. The van der Waals surface area contributed by atoms with Gasteiger partial charge in [0.25, 0.3) is 0 Å². The zero-order chi connectivity index (χ0) is 10.8. The summed E-state index contributed by atoms with van der Waals surface area (Å²) in [5, 5.41) is 0. The molecule has 0 aromatic rings. The van der Waals surface area contributed by atoms with Crippen LogP contribution < -0.4 is 5.73 Å². The molecule has 3 unspecified atom stereocenters. The number of hydrogen-bond acceptors (Lipinski definition) is 2. The third-order valence-corrected chi connectivity index (χ3v) is 4.05. The maximum atomic E-state index is 12.1. The molecule has 0 radical (unpaired) electrons. The Morgan fingerprint density at radius 1 is 1.40 bits per heavy atom. The zero-order valence-corrected chi connectivity index (χ0v) is 9.61. The van der Waals surface area contributed by atoms with E-state index in [0.717, 1.165) is 12.5 Å². The van der Waals surface area contributed by atoms with Crippen LogP contribution in [-0.2, 0) is 4.79 Å². The van der Waals surface area contributed by atoms with Crippen molar-refractivity contribution < 1.29 is 4.79 Å². The van der Waals surface area contributed by atoms with Crippen LogP contribution in [0.25, 0.3) is 0 Å². The van der Waals surface area contributed by atoms with E-state index in [4.69, 9.17) is 5.73 Å². The third kappa shape index (κ3) is 2.03. The maximum absolute atomic E-state index is 12.1. The van der Waals surface area contributed by atoms with E-state index in [1.807, 2.05) is 6.92 Å². The van der Waals surface area contributed by atoms with Crippen LogP contribution >= 0.6 is 0 Å². The first-order valence-electron chi connectivity index (χ1n) is 6.24. The van der Waals surface area contributed by atoms with E-state index in [0.29, 0.717) is 12.6 Å². The number of piperidine rings is 1. The van der Waals surface area contributed by atoms with Crippen LogP contribution in [0.4, 0.5) is 0 Å². The predicted octanol–water partition coefficient (Wildman–Crippen LogP) is 1.37. The molecule has 15 heavy (non-hydrogen) atoms. The molecule has 0 spiro atoms. The van der Waals surface area contributed by atoms with Gasteiger partial charge in [-0.25, -0.2) is 0 Å². The topological polar surface area (TPSA) is 46.3 Å². The molecule has 1 heterocycles. The Morgan fingerprint density at radius 2 is 2.13 bits per heavy atom. The monoisotopic (exact) mass is 210 g/mol. The van der Waals surface area contributed by atoms with Crippen molar-refractivity contribution in [3.8, 4) is 0 Å². The number of fused-ring (bicyclic) bond motifs is 1. The number of hydrogen-bond donors (Lipinski definition) is 1. The van der Waals surface area contributed by atoms with Crippen LogP contribution in [-0.4, -0.2) is 29.9 Å². The number of nitrogens with two attached hydrogens (primary N) is 1. The van der Waals surface area contributed by atoms with Gasteiger partial charge in [-0.1, -0.05) is 13.3 Å². The lowest BCUT2D eigenvalue weighted by Gasteiger charge is -2.39. The lowest BCUT2D eigenvalue weighted by atomic mass is 9.91. The fourth-order valence-corrected chi connectivity index (χ4v) is 3.11. The molecule has 86 valence electrons. The van der Waals surface area contributed by atoms with Crippen molar-refractivity contribution in [2.24, 2.45) is 17.6 Å². The van der Waals surface area contributed by atoms with Gasteiger partial charge in [0.15, 0.2) is 0 Å². The molecule has 1 saturated carbocycles. The first-order valence-corrected chi connectivity index (χ1v) is 6.24. The first kappa shape index (κ1) is 10.9. The average molecular weight is 210 g/mol. The summed E-state index contributed by atoms with van der Waals surface area (Å²) in [6, 6.07) is 0.542. The Bertz CT molecular complexity index is 242. The molecule has 2 N–H and O–H groups in total. The molecule has 3 heteroatoms. The Morgan fingerprint density at radius 3 is 2.87 bits per heavy atom. The fraction of sp³-hybridized carbons (Fsp3) is 0.917. The van der Waals surface area contributed by atoms with Gasteiger partial charge in [0, 0.05) is 25.0 Å². The van der Waals surface area contributed by atoms with E-state index in [1.165, 1.54) is 32.1 Å². The molecule has 1 saturated heterocycles. The molecule has 1 aliphatic carbocycles. The molecular formula is C12H22N2O. The Kier molecular flexibility index (Phi) is 3.29. The summed E-state index contributed by atoms with van der Waals surface area (Å²) in [4.78, 5) is 14.2. The number of nitrogens with zero attached hydrogens (tertiary/aromatic N) is 1. The second kappa shape index (κ2) is 4.52. The molecule has 0 bridgehead atoms. The van der Waals surface area contributed by atoms with Gasteiger partial charge >= 0.3 is 0 Å². The van der Waals surface area contributed by atoms with Gasteiger partial charge in [0.05, 0.1) is 0 Å². The van der Waals surface area contributed by atoms with Gasteiger partial charge in [-0.15, -0.1) is 0 Å². The highest BCUT2D eigenvalue weighted by Crippen LogP contribution is 2.37. The highest BCUT2D eigenvalue weighted by atomic mass is 16.2. The van der Waals surface area contributed by atoms with Crippen molar-refractivity contribution in [2.45, 2.75) is 45.1 Å². The van der Waals surface area contributed by atoms with Crippen molar-refractivity contribution in [1.82, 2.24) is 4.90 Å². The third-order valence-electron chi connectivity index (χ3n) is 4.05. The molecule has 3 atom stereocenters. The summed E-state index contributed by atoms with van der Waals surface area (Å²) < 4.78 is 0. The fourth-order valence-electron chi connectivity index (χ4n) is 3.11. The Balaban J connectivity index is 2.04. The van der Waals surface area contributed by atoms with E-state index in [2.05, 4.69) is 4.90 Å². The number of carbonyl (C=O) groups is 1. The number of rotatable bonds is 2. The van der Waals surface area contributed by atoms with Crippen LogP contribution in [0.3, 0.4) is 0 Å². The van der Waals surface area contributed by atoms with Gasteiger partial charge in [-0.2, -0.15) is 0 Å². The molecule has 0 aromatic heterocycles. The smallest absolute Gasteiger partial charge is 0.226 e. The standard InChI is InChI=1S/C12H22N2O/c1-9(8-13)12(15)14-7-3-5-10-4-2-6-11(10)14/h9-11H,2-8,13H2,1H3. The van der Waals surface area contributed by atoms with Gasteiger partial charge in [0.1, 0.15) is 0 Å². The van der Waals surface area contributed by atoms with Crippen LogP contribution in [0.1, 0.15) is 39.0 Å². The van der Waals surface area contributed by atoms with Gasteiger partial charge < -0.3 is 10.6 Å². The van der Waals surface area contributed by atoms with E-state index in [-0.39, 0.29) is 11.8 Å². The summed E-state index contributed by atoms with van der Waals surface area (Å²) in [7, 11) is 0. The number of carbonyl (C=O) groups excluding carboxylic acids is 1. The Hall–Kier alpha value is -0.570. The van der Waals surface area contributed by atoms with Crippen molar-refractivity contribution in [1.29, 1.82) is 0 Å². The summed E-state index contributed by atoms with van der Waals surface area (Å²) >= 11 is 0. The zero-order valence-electron chi connectivity index (χ0n) is 9.61. The number of amides is 1. The lowest BCUT2D eigenvalue weighted by Crippen LogP contribution is -2.49. The van der Waals surface area contributed by atoms with Crippen LogP contribution in [0, 0.1) is 11.8 Å². The average Bonchev–Trinajstić information content (AvgIpc) is 2.74. The lowest BCUT2D eigenvalue weighted by molar-refractivity contribution is -0.139. The summed E-state index contributed by atoms with van der Waals surface area (Å²) in [5.41, 5.74) is 5.57. The minimum atomic E-state index is 0.00403. The summed E-state index contributed by atoms with van der Waals surface area (Å²) in [5.74, 6) is 1.08. The normalized spacial score (nSPS) is 32.5. The molecule has 1 aliphatic heterocycles. The summed E-state index contributed by atoms with van der Waals surface area (Å²) in [6.45, 7) is 3.39. The first-order chi connectivity index (χ1) is 7.24. The van der Waals surface area contributed by atoms with E-state index in [9.17, 15) is 4.79 Å². The van der Waals surface area contributed by atoms with E-state index in [1.54, 1.807) is 0 Å². The second-order valence-corrected chi connectivity index (χ2v) is 5.07. The predicted molar refractivity (Wildman–Crippen MR) is 60.3 cm³/mol. The van der Waals surface area contributed by atoms with Crippen LogP contribution in [0.2, 0.25) is 0 Å².